The Labute approximate surface area is 133 Å². The Morgan fingerprint density at radius 2 is 1.96 bits per heavy atom. The molecule has 1 atom stereocenters. The van der Waals surface area contributed by atoms with E-state index in [1.807, 2.05) is 18.2 Å². The molecule has 0 aromatic heterocycles. The molecule has 0 radical (unpaired) electrons. The molecule has 6 heteroatoms. The smallest absolute Gasteiger partial charge is 0.322 e. The van der Waals surface area contributed by atoms with E-state index in [1.165, 1.54) is 23.1 Å². The maximum atomic E-state index is 13.2. The lowest BCUT2D eigenvalue weighted by molar-refractivity contribution is -0.127. The van der Waals surface area contributed by atoms with Crippen molar-refractivity contribution >= 4 is 17.6 Å². The summed E-state index contributed by atoms with van der Waals surface area (Å²) in [4.78, 5) is 26.2. The van der Waals surface area contributed by atoms with E-state index < -0.39 is 17.9 Å². The number of rotatable bonds is 2. The summed E-state index contributed by atoms with van der Waals surface area (Å²) in [6.07, 6.45) is 0. The zero-order valence-electron chi connectivity index (χ0n) is 12.3. The number of hydrogen-bond acceptors (Lipinski definition) is 2. The second-order valence-corrected chi connectivity index (χ2v) is 5.24. The number of piperazine rings is 1. The minimum Gasteiger partial charge on any atom is -0.352 e. The van der Waals surface area contributed by atoms with Crippen molar-refractivity contribution in [3.05, 3.63) is 66.0 Å². The first kappa shape index (κ1) is 15.0. The maximum absolute atomic E-state index is 13.2. The minimum atomic E-state index is -0.696. The van der Waals surface area contributed by atoms with E-state index >= 15 is 0 Å². The Bertz CT molecular complexity index is 721. The fourth-order valence-corrected chi connectivity index (χ4v) is 2.61. The second-order valence-electron chi connectivity index (χ2n) is 5.24. The van der Waals surface area contributed by atoms with Crippen LogP contribution >= 0.6 is 0 Å². The highest BCUT2D eigenvalue weighted by Crippen LogP contribution is 2.24. The van der Waals surface area contributed by atoms with Crippen molar-refractivity contribution in [1.29, 1.82) is 0 Å². The van der Waals surface area contributed by atoms with E-state index in [4.69, 9.17) is 0 Å². The van der Waals surface area contributed by atoms with Gasteiger partial charge < -0.3 is 15.5 Å². The third kappa shape index (κ3) is 3.31. The van der Waals surface area contributed by atoms with E-state index in [9.17, 15) is 14.0 Å². The zero-order chi connectivity index (χ0) is 16.2. The van der Waals surface area contributed by atoms with Gasteiger partial charge >= 0.3 is 6.03 Å². The van der Waals surface area contributed by atoms with E-state index in [1.54, 1.807) is 18.2 Å². The fourth-order valence-electron chi connectivity index (χ4n) is 2.61. The van der Waals surface area contributed by atoms with Gasteiger partial charge in [-0.2, -0.15) is 0 Å². The molecule has 118 valence electrons. The molecule has 0 unspecified atom stereocenters. The average molecular weight is 313 g/mol. The largest absolute Gasteiger partial charge is 0.352 e. The third-order valence-corrected chi connectivity index (χ3v) is 3.66. The molecule has 5 nitrogen and oxygen atoms in total. The van der Waals surface area contributed by atoms with Crippen molar-refractivity contribution in [2.24, 2.45) is 0 Å². The van der Waals surface area contributed by atoms with Crippen LogP contribution in [-0.2, 0) is 4.79 Å². The van der Waals surface area contributed by atoms with Crippen LogP contribution in [0.15, 0.2) is 54.6 Å². The van der Waals surface area contributed by atoms with Gasteiger partial charge in [0.2, 0.25) is 5.91 Å². The van der Waals surface area contributed by atoms with Crippen molar-refractivity contribution in [3.63, 3.8) is 0 Å². The van der Waals surface area contributed by atoms with Crippen LogP contribution < -0.4 is 10.6 Å². The summed E-state index contributed by atoms with van der Waals surface area (Å²) in [7, 11) is 0. The standard InChI is InChI=1S/C17H16FN3O2/c18-13-7-4-8-14(11-13)20-17(23)21-10-9-19-16(22)15(21)12-5-2-1-3-6-12/h1-8,11,15H,9-10H2,(H,19,22)(H,20,23)/t15-/m1/s1. The Balaban J connectivity index is 1.83. The molecule has 1 fully saturated rings. The number of nitrogens with zero attached hydrogens (tertiary/aromatic N) is 1. The molecule has 3 rings (SSSR count). The van der Waals surface area contributed by atoms with Gasteiger partial charge in [0.15, 0.2) is 0 Å². The van der Waals surface area contributed by atoms with Crippen LogP contribution in [0.2, 0.25) is 0 Å². The van der Waals surface area contributed by atoms with Gasteiger partial charge in [-0.15, -0.1) is 0 Å². The lowest BCUT2D eigenvalue weighted by Gasteiger charge is -2.35. The van der Waals surface area contributed by atoms with Gasteiger partial charge in [0.25, 0.3) is 0 Å². The monoisotopic (exact) mass is 313 g/mol. The highest BCUT2D eigenvalue weighted by Gasteiger charge is 2.34. The van der Waals surface area contributed by atoms with Crippen molar-refractivity contribution in [1.82, 2.24) is 10.2 Å². The molecule has 0 bridgehead atoms. The number of nitrogens with one attached hydrogen (secondary N) is 2. The molecule has 3 amide bonds. The van der Waals surface area contributed by atoms with Crippen LogP contribution in [0.4, 0.5) is 14.9 Å². The first-order valence-corrected chi connectivity index (χ1v) is 7.31. The van der Waals surface area contributed by atoms with Gasteiger partial charge in [0.05, 0.1) is 0 Å². The number of anilines is 1. The predicted molar refractivity (Wildman–Crippen MR) is 84.3 cm³/mol. The fraction of sp³-hybridized carbons (Fsp3) is 0.176. The molecular formula is C17H16FN3O2. The number of carbonyl (C=O) groups excluding carboxylic acids is 2. The molecule has 1 saturated heterocycles. The summed E-state index contributed by atoms with van der Waals surface area (Å²) in [6.45, 7) is 0.769. The zero-order valence-corrected chi connectivity index (χ0v) is 12.3. The molecular weight excluding hydrogens is 297 g/mol. The highest BCUT2D eigenvalue weighted by molar-refractivity contribution is 5.95. The van der Waals surface area contributed by atoms with Gasteiger partial charge in [-0.25, -0.2) is 9.18 Å². The van der Waals surface area contributed by atoms with Crippen LogP contribution in [-0.4, -0.2) is 29.9 Å². The summed E-state index contributed by atoms with van der Waals surface area (Å²) in [5, 5.41) is 5.41. The van der Waals surface area contributed by atoms with Crippen molar-refractivity contribution in [2.45, 2.75) is 6.04 Å². The third-order valence-electron chi connectivity index (χ3n) is 3.66. The van der Waals surface area contributed by atoms with Gasteiger partial charge in [-0.05, 0) is 23.8 Å². The topological polar surface area (TPSA) is 61.4 Å². The van der Waals surface area contributed by atoms with Gasteiger partial charge in [0, 0.05) is 18.8 Å². The normalized spacial score (nSPS) is 17.5. The summed E-state index contributed by atoms with van der Waals surface area (Å²) in [5.41, 5.74) is 1.09. The number of urea groups is 1. The number of carbonyl (C=O) groups is 2. The molecule has 0 spiro atoms. The number of hydrogen-bond donors (Lipinski definition) is 2. The highest BCUT2D eigenvalue weighted by atomic mass is 19.1. The molecule has 2 N–H and O–H groups in total. The van der Waals surface area contributed by atoms with Crippen molar-refractivity contribution in [3.8, 4) is 0 Å². The van der Waals surface area contributed by atoms with Crippen LogP contribution in [0.25, 0.3) is 0 Å². The van der Waals surface area contributed by atoms with Crippen molar-refractivity contribution in [2.75, 3.05) is 18.4 Å². The van der Waals surface area contributed by atoms with E-state index in [2.05, 4.69) is 10.6 Å². The first-order valence-electron chi connectivity index (χ1n) is 7.31. The summed E-state index contributed by atoms with van der Waals surface area (Å²) in [5.74, 6) is -0.657. The second kappa shape index (κ2) is 6.48. The molecule has 23 heavy (non-hydrogen) atoms. The molecule has 0 saturated carbocycles. The van der Waals surface area contributed by atoms with Gasteiger partial charge in [-0.1, -0.05) is 36.4 Å². The summed E-state index contributed by atoms with van der Waals surface area (Å²) >= 11 is 0. The number of benzene rings is 2. The summed E-state index contributed by atoms with van der Waals surface area (Å²) < 4.78 is 13.2. The first-order chi connectivity index (χ1) is 11.1. The Kier molecular flexibility index (Phi) is 4.23. The Morgan fingerprint density at radius 3 is 2.70 bits per heavy atom. The van der Waals surface area contributed by atoms with E-state index in [0.717, 1.165) is 5.56 Å². The lowest BCUT2D eigenvalue weighted by Crippen LogP contribution is -2.53. The summed E-state index contributed by atoms with van der Waals surface area (Å²) in [6, 6.07) is 13.6. The molecule has 1 heterocycles. The van der Waals surface area contributed by atoms with Gasteiger partial charge in [0.1, 0.15) is 11.9 Å². The van der Waals surface area contributed by atoms with E-state index in [0.29, 0.717) is 18.8 Å². The molecule has 1 aliphatic heterocycles. The van der Waals surface area contributed by atoms with E-state index in [-0.39, 0.29) is 5.91 Å². The maximum Gasteiger partial charge on any atom is 0.322 e. The van der Waals surface area contributed by atoms with Crippen LogP contribution in [0.1, 0.15) is 11.6 Å². The minimum absolute atomic E-state index is 0.225. The van der Waals surface area contributed by atoms with Crippen LogP contribution in [0, 0.1) is 5.82 Å². The molecule has 0 aliphatic carbocycles. The molecule has 2 aromatic rings. The molecule has 1 aliphatic rings. The van der Waals surface area contributed by atoms with Gasteiger partial charge in [-0.3, -0.25) is 4.79 Å². The Morgan fingerprint density at radius 1 is 1.17 bits per heavy atom. The Hall–Kier alpha value is -2.89. The predicted octanol–water partition coefficient (Wildman–Crippen LogP) is 2.53. The average Bonchev–Trinajstić information content (AvgIpc) is 2.55. The quantitative estimate of drug-likeness (QED) is 0.895. The van der Waals surface area contributed by atoms with Crippen molar-refractivity contribution < 1.29 is 14.0 Å². The lowest BCUT2D eigenvalue weighted by atomic mass is 10.0. The number of amides is 3. The van der Waals surface area contributed by atoms with Crippen LogP contribution in [0.3, 0.4) is 0 Å². The molecule has 2 aromatic carbocycles. The van der Waals surface area contributed by atoms with Crippen LogP contribution in [0.5, 0.6) is 0 Å². The number of halogens is 1. The SMILES string of the molecule is O=C1NCCN(C(=O)Nc2cccc(F)c2)[C@@H]1c1ccccc1.